The molecule has 3 heterocycles. The number of ether oxygens (including phenoxy) is 4. The second-order valence-electron chi connectivity index (χ2n) is 5.17. The van der Waals surface area contributed by atoms with Crippen LogP contribution >= 0.6 is 0 Å². The van der Waals surface area contributed by atoms with E-state index in [0.717, 1.165) is 0 Å². The van der Waals surface area contributed by atoms with Crippen molar-refractivity contribution in [3.8, 4) is 0 Å². The van der Waals surface area contributed by atoms with Gasteiger partial charge in [0.1, 0.15) is 12.2 Å². The fourth-order valence-electron chi connectivity index (χ4n) is 3.03. The third-order valence-electron chi connectivity index (χ3n) is 3.98. The second kappa shape index (κ2) is 3.43. The first kappa shape index (κ1) is 12.3. The molecule has 3 saturated heterocycles. The van der Waals surface area contributed by atoms with Gasteiger partial charge in [0.25, 0.3) is 0 Å². The van der Waals surface area contributed by atoms with E-state index in [1.807, 2.05) is 0 Å². The van der Waals surface area contributed by atoms with Crippen LogP contribution in [0.25, 0.3) is 0 Å². The van der Waals surface area contributed by atoms with Crippen LogP contribution in [0.5, 0.6) is 0 Å². The molecule has 1 spiro atoms. The Morgan fingerprint density at radius 1 is 1.44 bits per heavy atom. The molecule has 0 amide bonds. The zero-order valence-electron chi connectivity index (χ0n) is 10.2. The standard InChI is InChI=1S/C11H16O7/c1-9-3-4-10(14,8(13)15-2)11(18-9)7(17-9)6(12)5-16-11/h6-7,12,14H,3-5H2,1-2H3/t6-,7+,9+,10+,11-/m0/s1. The Morgan fingerprint density at radius 3 is 2.83 bits per heavy atom. The molecular formula is C11H16O7. The smallest absolute Gasteiger partial charge is 0.343 e. The third kappa shape index (κ3) is 1.23. The maximum atomic E-state index is 11.9. The van der Waals surface area contributed by atoms with Gasteiger partial charge in [0.2, 0.25) is 11.4 Å². The highest BCUT2D eigenvalue weighted by Crippen LogP contribution is 2.56. The maximum Gasteiger partial charge on any atom is 0.343 e. The van der Waals surface area contributed by atoms with Gasteiger partial charge in [-0.2, -0.15) is 0 Å². The van der Waals surface area contributed by atoms with Gasteiger partial charge in [-0.3, -0.25) is 0 Å². The first-order valence-electron chi connectivity index (χ1n) is 5.88. The van der Waals surface area contributed by atoms with Gasteiger partial charge in [0.15, 0.2) is 5.79 Å². The van der Waals surface area contributed by atoms with Crippen molar-refractivity contribution in [3.63, 3.8) is 0 Å². The van der Waals surface area contributed by atoms with E-state index in [1.54, 1.807) is 6.92 Å². The lowest BCUT2D eigenvalue weighted by Crippen LogP contribution is -2.66. The molecular weight excluding hydrogens is 244 g/mol. The number of carbonyl (C=O) groups excluding carboxylic acids is 1. The van der Waals surface area contributed by atoms with Gasteiger partial charge in [0.05, 0.1) is 13.7 Å². The van der Waals surface area contributed by atoms with Crippen molar-refractivity contribution in [3.05, 3.63) is 0 Å². The Bertz CT molecular complexity index is 399. The summed E-state index contributed by atoms with van der Waals surface area (Å²) in [7, 11) is 1.18. The first-order chi connectivity index (χ1) is 8.37. The number of rotatable bonds is 1. The highest BCUT2D eigenvalue weighted by molar-refractivity contribution is 5.81. The minimum atomic E-state index is -1.96. The molecule has 5 atom stereocenters. The Kier molecular flexibility index (Phi) is 2.34. The van der Waals surface area contributed by atoms with Gasteiger partial charge < -0.3 is 29.2 Å². The molecule has 2 bridgehead atoms. The summed E-state index contributed by atoms with van der Waals surface area (Å²) in [5.74, 6) is -3.46. The topological polar surface area (TPSA) is 94.5 Å². The van der Waals surface area contributed by atoms with E-state index in [0.29, 0.717) is 6.42 Å². The van der Waals surface area contributed by atoms with Crippen molar-refractivity contribution in [2.75, 3.05) is 13.7 Å². The number of methoxy groups -OCH3 is 1. The fourth-order valence-corrected chi connectivity index (χ4v) is 3.03. The predicted octanol–water partition coefficient (Wildman–Crippen LogP) is -1.10. The molecule has 0 radical (unpaired) electrons. The first-order valence-corrected chi connectivity index (χ1v) is 5.88. The largest absolute Gasteiger partial charge is 0.467 e. The van der Waals surface area contributed by atoms with E-state index in [2.05, 4.69) is 4.74 Å². The van der Waals surface area contributed by atoms with Gasteiger partial charge in [-0.1, -0.05) is 0 Å². The number of aliphatic hydroxyl groups is 2. The van der Waals surface area contributed by atoms with Crippen molar-refractivity contribution in [2.45, 2.75) is 49.1 Å². The van der Waals surface area contributed by atoms with Gasteiger partial charge >= 0.3 is 5.97 Å². The van der Waals surface area contributed by atoms with Crippen LogP contribution in [-0.4, -0.2) is 59.3 Å². The zero-order valence-corrected chi connectivity index (χ0v) is 10.2. The van der Waals surface area contributed by atoms with Crippen LogP contribution in [0.1, 0.15) is 19.8 Å². The van der Waals surface area contributed by atoms with Crippen LogP contribution in [0.4, 0.5) is 0 Å². The molecule has 7 heteroatoms. The van der Waals surface area contributed by atoms with Gasteiger partial charge in [-0.15, -0.1) is 0 Å². The zero-order chi connectivity index (χ0) is 13.2. The molecule has 3 rings (SSSR count). The second-order valence-corrected chi connectivity index (χ2v) is 5.17. The Balaban J connectivity index is 2.07. The van der Waals surface area contributed by atoms with E-state index >= 15 is 0 Å². The van der Waals surface area contributed by atoms with Crippen LogP contribution in [0.2, 0.25) is 0 Å². The van der Waals surface area contributed by atoms with Crippen LogP contribution < -0.4 is 0 Å². The third-order valence-corrected chi connectivity index (χ3v) is 3.98. The van der Waals surface area contributed by atoms with Crippen LogP contribution in [0.3, 0.4) is 0 Å². The molecule has 0 aliphatic carbocycles. The average Bonchev–Trinajstić information content (AvgIpc) is 2.78. The molecule has 0 saturated carbocycles. The Labute approximate surface area is 104 Å². The summed E-state index contributed by atoms with van der Waals surface area (Å²) < 4.78 is 21.3. The van der Waals surface area contributed by atoms with Crippen molar-refractivity contribution < 1.29 is 34.0 Å². The summed E-state index contributed by atoms with van der Waals surface area (Å²) in [6.45, 7) is 1.64. The number of hydrogen-bond acceptors (Lipinski definition) is 7. The van der Waals surface area contributed by atoms with E-state index in [-0.39, 0.29) is 13.0 Å². The molecule has 2 N–H and O–H groups in total. The Morgan fingerprint density at radius 2 is 2.17 bits per heavy atom. The lowest BCUT2D eigenvalue weighted by molar-refractivity contribution is -0.340. The van der Waals surface area contributed by atoms with Crippen molar-refractivity contribution in [1.82, 2.24) is 0 Å². The summed E-state index contributed by atoms with van der Waals surface area (Å²) in [4.78, 5) is 11.9. The highest BCUT2D eigenvalue weighted by Gasteiger charge is 2.77. The number of carbonyl (C=O) groups is 1. The normalized spacial score (nSPS) is 54.2. The van der Waals surface area contributed by atoms with Crippen LogP contribution in [-0.2, 0) is 23.7 Å². The summed E-state index contributed by atoms with van der Waals surface area (Å²) >= 11 is 0. The monoisotopic (exact) mass is 260 g/mol. The average molecular weight is 260 g/mol. The van der Waals surface area contributed by atoms with E-state index in [4.69, 9.17) is 14.2 Å². The fraction of sp³-hybridized carbons (Fsp3) is 0.909. The van der Waals surface area contributed by atoms with Crippen molar-refractivity contribution in [2.24, 2.45) is 0 Å². The molecule has 0 aromatic rings. The summed E-state index contributed by atoms with van der Waals surface area (Å²) in [5, 5.41) is 20.5. The Hall–Kier alpha value is -0.730. The SMILES string of the molecule is COC(=O)[C@]1(O)CC[C@]2(C)O[C@@H]3[C@@H](O)CO[C@]31O2. The van der Waals surface area contributed by atoms with Crippen molar-refractivity contribution in [1.29, 1.82) is 0 Å². The van der Waals surface area contributed by atoms with Crippen LogP contribution in [0.15, 0.2) is 0 Å². The molecule has 0 aromatic heterocycles. The number of esters is 1. The molecule has 0 unspecified atom stereocenters. The quantitative estimate of drug-likeness (QED) is 0.578. The maximum absolute atomic E-state index is 11.9. The molecule has 3 fully saturated rings. The van der Waals surface area contributed by atoms with Gasteiger partial charge in [0, 0.05) is 6.42 Å². The van der Waals surface area contributed by atoms with Crippen molar-refractivity contribution >= 4 is 5.97 Å². The summed E-state index contributed by atoms with van der Waals surface area (Å²) in [5.41, 5.74) is -1.96. The lowest BCUT2D eigenvalue weighted by Gasteiger charge is -2.44. The minimum absolute atomic E-state index is 0.0555. The van der Waals surface area contributed by atoms with E-state index in [1.165, 1.54) is 7.11 Å². The van der Waals surface area contributed by atoms with E-state index < -0.39 is 35.4 Å². The van der Waals surface area contributed by atoms with Crippen LogP contribution in [0, 0.1) is 0 Å². The minimum Gasteiger partial charge on any atom is -0.467 e. The summed E-state index contributed by atoms with van der Waals surface area (Å²) in [6.07, 6.45) is -1.43. The number of aliphatic hydroxyl groups excluding tert-OH is 1. The molecule has 3 aliphatic rings. The van der Waals surface area contributed by atoms with Gasteiger partial charge in [-0.05, 0) is 13.3 Å². The molecule has 3 aliphatic heterocycles. The number of fused-ring (bicyclic) bond motifs is 1. The van der Waals surface area contributed by atoms with Gasteiger partial charge in [-0.25, -0.2) is 4.79 Å². The molecule has 7 nitrogen and oxygen atoms in total. The molecule has 18 heavy (non-hydrogen) atoms. The molecule has 102 valence electrons. The summed E-state index contributed by atoms with van der Waals surface area (Å²) in [6, 6.07) is 0. The highest BCUT2D eigenvalue weighted by atomic mass is 16.9. The molecule has 0 aromatic carbocycles. The van der Waals surface area contributed by atoms with E-state index in [9.17, 15) is 15.0 Å². The lowest BCUT2D eigenvalue weighted by atomic mass is 9.82. The number of hydrogen-bond donors (Lipinski definition) is 2. The predicted molar refractivity (Wildman–Crippen MR) is 55.3 cm³/mol.